The number of hydrogen-bond donors (Lipinski definition) is 2. The molecule has 1 saturated heterocycles. The molecule has 2 aliphatic rings. The van der Waals surface area contributed by atoms with Gasteiger partial charge in [-0.15, -0.1) is 0 Å². The van der Waals surface area contributed by atoms with Gasteiger partial charge in [-0.05, 0) is 24.5 Å². The Kier molecular flexibility index (Phi) is 5.10. The lowest BCUT2D eigenvalue weighted by Gasteiger charge is -2.27. The van der Waals surface area contributed by atoms with Gasteiger partial charge in [-0.3, -0.25) is 4.98 Å². The van der Waals surface area contributed by atoms with Gasteiger partial charge in [-0.25, -0.2) is 4.98 Å². The summed E-state index contributed by atoms with van der Waals surface area (Å²) in [6.07, 6.45) is 14.4. The van der Waals surface area contributed by atoms with E-state index in [0.29, 0.717) is 6.61 Å². The van der Waals surface area contributed by atoms with Gasteiger partial charge in [0.2, 0.25) is 0 Å². The maximum atomic E-state index is 6.34. The largest absolute Gasteiger partial charge is 0.347 e. The van der Waals surface area contributed by atoms with Crippen LogP contribution in [0.5, 0.6) is 0 Å². The molecule has 1 aliphatic heterocycles. The van der Waals surface area contributed by atoms with Crippen molar-refractivity contribution in [1.82, 2.24) is 20.3 Å². The highest BCUT2D eigenvalue weighted by atomic mass is 16.7. The van der Waals surface area contributed by atoms with Gasteiger partial charge in [-0.2, -0.15) is 0 Å². The molecule has 0 aromatic carbocycles. The molecule has 4 rings (SSSR count). The van der Waals surface area contributed by atoms with Gasteiger partial charge in [0.1, 0.15) is 5.82 Å². The van der Waals surface area contributed by atoms with Crippen LogP contribution in [-0.2, 0) is 9.47 Å². The number of hydrogen-bond acceptors (Lipinski definition) is 5. The van der Waals surface area contributed by atoms with Crippen molar-refractivity contribution in [1.29, 1.82) is 0 Å². The quantitative estimate of drug-likeness (QED) is 0.874. The monoisotopic (exact) mass is 342 g/mol. The summed E-state index contributed by atoms with van der Waals surface area (Å²) in [6.45, 7) is 1.38. The van der Waals surface area contributed by atoms with Crippen LogP contribution in [0.3, 0.4) is 0 Å². The fourth-order valence-electron chi connectivity index (χ4n) is 3.85. The van der Waals surface area contributed by atoms with Gasteiger partial charge in [0.25, 0.3) is 0 Å². The Bertz CT molecular complexity index is 639. The minimum absolute atomic E-state index is 0.0296. The third kappa shape index (κ3) is 3.92. The summed E-state index contributed by atoms with van der Waals surface area (Å²) in [5.41, 5.74) is 1.08. The highest BCUT2D eigenvalue weighted by Gasteiger charge is 2.41. The summed E-state index contributed by atoms with van der Waals surface area (Å²) in [5, 5.41) is 3.58. The maximum Gasteiger partial charge on any atom is 0.168 e. The molecule has 2 N–H and O–H groups in total. The fourth-order valence-corrected chi connectivity index (χ4v) is 3.85. The molecule has 0 bridgehead atoms. The van der Waals surface area contributed by atoms with Crippen LogP contribution in [0, 0.1) is 0 Å². The van der Waals surface area contributed by atoms with E-state index in [4.69, 9.17) is 9.47 Å². The lowest BCUT2D eigenvalue weighted by molar-refractivity contribution is -0.175. The van der Waals surface area contributed by atoms with Gasteiger partial charge >= 0.3 is 0 Å². The molecule has 2 atom stereocenters. The average molecular weight is 342 g/mol. The Morgan fingerprint density at radius 2 is 2.12 bits per heavy atom. The lowest BCUT2D eigenvalue weighted by atomic mass is 10.1. The van der Waals surface area contributed by atoms with E-state index in [0.717, 1.165) is 30.8 Å². The number of pyridine rings is 1. The normalized spacial score (nSPS) is 24.2. The van der Waals surface area contributed by atoms with Crippen molar-refractivity contribution < 1.29 is 9.47 Å². The van der Waals surface area contributed by atoms with Crippen LogP contribution in [0.4, 0.5) is 0 Å². The van der Waals surface area contributed by atoms with Crippen molar-refractivity contribution in [3.8, 4) is 0 Å². The molecule has 2 aromatic heterocycles. The number of imidazole rings is 1. The first-order valence-corrected chi connectivity index (χ1v) is 9.29. The minimum atomic E-state index is -0.336. The second-order valence-corrected chi connectivity index (χ2v) is 6.98. The number of nitrogens with one attached hydrogen (secondary N) is 2. The van der Waals surface area contributed by atoms with Crippen molar-refractivity contribution in [2.24, 2.45) is 0 Å². The first-order chi connectivity index (χ1) is 12.3. The summed E-state index contributed by atoms with van der Waals surface area (Å²) >= 11 is 0. The summed E-state index contributed by atoms with van der Waals surface area (Å²) in [5.74, 6) is 0.549. The molecule has 3 heterocycles. The summed E-state index contributed by atoms with van der Waals surface area (Å²) in [7, 11) is 0. The van der Waals surface area contributed by atoms with Gasteiger partial charge in [0, 0.05) is 44.2 Å². The van der Waals surface area contributed by atoms with E-state index in [-0.39, 0.29) is 17.9 Å². The molecule has 0 radical (unpaired) electrons. The molecule has 6 heteroatoms. The first-order valence-electron chi connectivity index (χ1n) is 9.29. The molecule has 0 unspecified atom stereocenters. The van der Waals surface area contributed by atoms with Gasteiger partial charge < -0.3 is 19.8 Å². The smallest absolute Gasteiger partial charge is 0.168 e. The molecule has 0 amide bonds. The minimum Gasteiger partial charge on any atom is -0.347 e. The molecule has 1 spiro atoms. The Morgan fingerprint density at radius 1 is 1.24 bits per heavy atom. The van der Waals surface area contributed by atoms with E-state index in [1.54, 1.807) is 12.4 Å². The molecule has 1 saturated carbocycles. The number of aromatic nitrogens is 3. The van der Waals surface area contributed by atoms with Gasteiger partial charge in [0.15, 0.2) is 5.79 Å². The van der Waals surface area contributed by atoms with Crippen molar-refractivity contribution in [2.75, 3.05) is 13.2 Å². The average Bonchev–Trinajstić information content (AvgIpc) is 3.24. The van der Waals surface area contributed by atoms with Gasteiger partial charge in [0.05, 0.1) is 18.8 Å². The molecule has 1 aliphatic carbocycles. The number of H-pyrrole nitrogens is 1. The Labute approximate surface area is 148 Å². The van der Waals surface area contributed by atoms with Crippen LogP contribution < -0.4 is 5.32 Å². The third-order valence-corrected chi connectivity index (χ3v) is 5.14. The SMILES string of the molecule is c1cncc([C@@H](NC[C@@H]2COC3(CCCCCC3)O2)c2ncc[nH]2)c1. The number of aromatic amines is 1. The summed E-state index contributed by atoms with van der Waals surface area (Å²) in [6, 6.07) is 3.98. The standard InChI is InChI=1S/C19H26N4O2/c1-2-4-8-19(7-3-1)24-14-16(25-19)13-23-17(18-21-10-11-22-18)15-6-5-9-20-12-15/h5-6,9-12,16-17,23H,1-4,7-8,13-14H2,(H,21,22)/t16-,17-/m1/s1. The molecule has 25 heavy (non-hydrogen) atoms. The van der Waals surface area contributed by atoms with E-state index in [2.05, 4.69) is 26.3 Å². The zero-order valence-corrected chi connectivity index (χ0v) is 14.5. The number of rotatable bonds is 5. The first kappa shape index (κ1) is 16.7. The van der Waals surface area contributed by atoms with Gasteiger partial charge in [-0.1, -0.05) is 18.9 Å². The third-order valence-electron chi connectivity index (χ3n) is 5.14. The highest BCUT2D eigenvalue weighted by Crippen LogP contribution is 2.36. The Hall–Kier alpha value is -1.76. The summed E-state index contributed by atoms with van der Waals surface area (Å²) < 4.78 is 12.4. The molecular formula is C19H26N4O2. The second kappa shape index (κ2) is 7.64. The molecule has 134 valence electrons. The molecule has 2 aromatic rings. The van der Waals surface area contributed by atoms with Crippen LogP contribution in [0.25, 0.3) is 0 Å². The van der Waals surface area contributed by atoms with Crippen LogP contribution in [-0.4, -0.2) is 40.0 Å². The van der Waals surface area contributed by atoms with E-state index < -0.39 is 0 Å². The Morgan fingerprint density at radius 3 is 2.84 bits per heavy atom. The topological polar surface area (TPSA) is 72.1 Å². The highest BCUT2D eigenvalue weighted by molar-refractivity contribution is 5.21. The van der Waals surface area contributed by atoms with Crippen LogP contribution in [0.2, 0.25) is 0 Å². The van der Waals surface area contributed by atoms with Crippen molar-refractivity contribution in [3.63, 3.8) is 0 Å². The van der Waals surface area contributed by atoms with E-state index in [1.165, 1.54) is 25.7 Å². The fraction of sp³-hybridized carbons (Fsp3) is 0.579. The molecule has 6 nitrogen and oxygen atoms in total. The zero-order chi connectivity index (χ0) is 17.0. The molecular weight excluding hydrogens is 316 g/mol. The molecule has 2 fully saturated rings. The van der Waals surface area contributed by atoms with Crippen LogP contribution >= 0.6 is 0 Å². The van der Waals surface area contributed by atoms with E-state index in [9.17, 15) is 0 Å². The number of ether oxygens (including phenoxy) is 2. The summed E-state index contributed by atoms with van der Waals surface area (Å²) in [4.78, 5) is 11.9. The Balaban J connectivity index is 1.40. The van der Waals surface area contributed by atoms with E-state index in [1.807, 2.05) is 18.5 Å². The predicted octanol–water partition coefficient (Wildman–Crippen LogP) is 2.95. The predicted molar refractivity (Wildman–Crippen MR) is 93.9 cm³/mol. The zero-order valence-electron chi connectivity index (χ0n) is 14.5. The van der Waals surface area contributed by atoms with E-state index >= 15 is 0 Å². The van der Waals surface area contributed by atoms with Crippen LogP contribution in [0.1, 0.15) is 56.0 Å². The maximum absolute atomic E-state index is 6.34. The number of nitrogens with zero attached hydrogens (tertiary/aromatic N) is 2. The lowest BCUT2D eigenvalue weighted by Crippen LogP contribution is -2.35. The van der Waals surface area contributed by atoms with Crippen molar-refractivity contribution in [2.45, 2.75) is 56.5 Å². The van der Waals surface area contributed by atoms with Crippen molar-refractivity contribution in [3.05, 3.63) is 48.3 Å². The van der Waals surface area contributed by atoms with Crippen LogP contribution in [0.15, 0.2) is 36.9 Å². The second-order valence-electron chi connectivity index (χ2n) is 6.98. The van der Waals surface area contributed by atoms with Crippen molar-refractivity contribution >= 4 is 0 Å².